The Bertz CT molecular complexity index is 510. The first-order chi connectivity index (χ1) is 6.22. The second kappa shape index (κ2) is 3.22. The highest BCUT2D eigenvalue weighted by Crippen LogP contribution is 2.35. The summed E-state index contributed by atoms with van der Waals surface area (Å²) in [5.41, 5.74) is 0.649. The van der Waals surface area contributed by atoms with Crippen molar-refractivity contribution in [2.75, 3.05) is 0 Å². The second-order valence-corrected chi connectivity index (χ2v) is 4.78. The van der Waals surface area contributed by atoms with Crippen LogP contribution in [0.2, 0.25) is 5.02 Å². The lowest BCUT2D eigenvalue weighted by molar-refractivity contribution is 1.51. The smallest absolute Gasteiger partial charge is 0.0998 e. The largest absolute Gasteiger partial charge is 0.192 e. The lowest BCUT2D eigenvalue weighted by atomic mass is 10.1. The fraction of sp³-hybridized carbons (Fsp3) is 0. The van der Waals surface area contributed by atoms with E-state index in [1.54, 1.807) is 12.1 Å². The molecule has 1 aromatic heterocycles. The third kappa shape index (κ3) is 1.42. The van der Waals surface area contributed by atoms with Gasteiger partial charge in [-0.25, -0.2) is 0 Å². The molecule has 0 aliphatic carbocycles. The standard InChI is InChI=1S/C9H4ClNS2/c10-7-2-1-5(4-11)6-3-8(12)13-9(6)7/h1-3,12H. The molecule has 0 bridgehead atoms. The summed E-state index contributed by atoms with van der Waals surface area (Å²) in [7, 11) is 0. The van der Waals surface area contributed by atoms with Gasteiger partial charge in [-0.3, -0.25) is 0 Å². The molecule has 0 saturated heterocycles. The average Bonchev–Trinajstić information content (AvgIpc) is 2.48. The molecule has 0 saturated carbocycles. The van der Waals surface area contributed by atoms with Crippen molar-refractivity contribution < 1.29 is 0 Å². The Hall–Kier alpha value is -0.690. The first-order valence-electron chi connectivity index (χ1n) is 3.53. The third-order valence-corrected chi connectivity index (χ3v) is 3.54. The third-order valence-electron chi connectivity index (χ3n) is 1.74. The van der Waals surface area contributed by atoms with E-state index >= 15 is 0 Å². The Labute approximate surface area is 90.0 Å². The zero-order chi connectivity index (χ0) is 9.42. The summed E-state index contributed by atoms with van der Waals surface area (Å²) in [5.74, 6) is 0. The van der Waals surface area contributed by atoms with Gasteiger partial charge in [0.15, 0.2) is 0 Å². The normalized spacial score (nSPS) is 10.2. The second-order valence-electron chi connectivity index (χ2n) is 2.53. The summed E-state index contributed by atoms with van der Waals surface area (Å²) in [4.78, 5) is 0. The van der Waals surface area contributed by atoms with E-state index in [-0.39, 0.29) is 0 Å². The zero-order valence-electron chi connectivity index (χ0n) is 6.41. The van der Waals surface area contributed by atoms with Gasteiger partial charge in [0.2, 0.25) is 0 Å². The minimum atomic E-state index is 0.649. The van der Waals surface area contributed by atoms with E-state index < -0.39 is 0 Å². The minimum Gasteiger partial charge on any atom is -0.192 e. The number of thiophene rings is 1. The van der Waals surface area contributed by atoms with Crippen molar-refractivity contribution in [3.8, 4) is 6.07 Å². The van der Waals surface area contributed by atoms with Crippen molar-refractivity contribution >= 4 is 45.7 Å². The molecule has 1 aromatic carbocycles. The SMILES string of the molecule is N#Cc1ccc(Cl)c2sc(S)cc12. The fourth-order valence-corrected chi connectivity index (χ4v) is 2.69. The first kappa shape index (κ1) is 8.89. The quantitative estimate of drug-likeness (QED) is 0.679. The Morgan fingerprint density at radius 2 is 2.23 bits per heavy atom. The highest BCUT2D eigenvalue weighted by Gasteiger charge is 2.07. The van der Waals surface area contributed by atoms with Gasteiger partial charge in [0.05, 0.1) is 25.6 Å². The van der Waals surface area contributed by atoms with Crippen LogP contribution in [0.3, 0.4) is 0 Å². The van der Waals surface area contributed by atoms with E-state index in [9.17, 15) is 0 Å². The molecular formula is C9H4ClNS2. The highest BCUT2D eigenvalue weighted by molar-refractivity contribution is 7.83. The molecule has 1 heterocycles. The molecule has 0 aliphatic rings. The zero-order valence-corrected chi connectivity index (χ0v) is 8.88. The number of halogens is 1. The van der Waals surface area contributed by atoms with E-state index in [2.05, 4.69) is 18.7 Å². The number of thiol groups is 1. The van der Waals surface area contributed by atoms with Crippen LogP contribution in [0.1, 0.15) is 5.56 Å². The summed E-state index contributed by atoms with van der Waals surface area (Å²) in [5, 5.41) is 10.4. The van der Waals surface area contributed by atoms with E-state index in [0.717, 1.165) is 14.3 Å². The summed E-state index contributed by atoms with van der Waals surface area (Å²) < 4.78 is 1.81. The van der Waals surface area contributed by atoms with Crippen molar-refractivity contribution in [3.05, 3.63) is 28.8 Å². The molecule has 4 heteroatoms. The Balaban J connectivity index is 2.94. The van der Waals surface area contributed by atoms with Gasteiger partial charge in [0.1, 0.15) is 0 Å². The maximum Gasteiger partial charge on any atom is 0.0998 e. The number of fused-ring (bicyclic) bond motifs is 1. The van der Waals surface area contributed by atoms with E-state index in [0.29, 0.717) is 10.6 Å². The Morgan fingerprint density at radius 1 is 1.46 bits per heavy atom. The van der Waals surface area contributed by atoms with Crippen LogP contribution in [-0.4, -0.2) is 0 Å². The van der Waals surface area contributed by atoms with Crippen molar-refractivity contribution in [3.63, 3.8) is 0 Å². The van der Waals surface area contributed by atoms with Gasteiger partial charge in [0, 0.05) is 5.39 Å². The van der Waals surface area contributed by atoms with Crippen LogP contribution in [0.15, 0.2) is 22.4 Å². The van der Waals surface area contributed by atoms with E-state index in [1.165, 1.54) is 11.3 Å². The molecule has 0 fully saturated rings. The molecular weight excluding hydrogens is 222 g/mol. The van der Waals surface area contributed by atoms with Crippen LogP contribution in [-0.2, 0) is 0 Å². The van der Waals surface area contributed by atoms with Crippen LogP contribution in [0.4, 0.5) is 0 Å². The topological polar surface area (TPSA) is 23.8 Å². The molecule has 0 aliphatic heterocycles. The van der Waals surface area contributed by atoms with Crippen molar-refractivity contribution in [1.29, 1.82) is 5.26 Å². The molecule has 0 unspecified atom stereocenters. The van der Waals surface area contributed by atoms with Crippen molar-refractivity contribution in [2.45, 2.75) is 4.21 Å². The van der Waals surface area contributed by atoms with Gasteiger partial charge in [-0.1, -0.05) is 11.6 Å². The maximum absolute atomic E-state index is 8.82. The van der Waals surface area contributed by atoms with Crippen LogP contribution in [0.5, 0.6) is 0 Å². The number of benzene rings is 1. The number of nitriles is 1. The summed E-state index contributed by atoms with van der Waals surface area (Å²) in [6.07, 6.45) is 0. The van der Waals surface area contributed by atoms with E-state index in [4.69, 9.17) is 16.9 Å². The maximum atomic E-state index is 8.82. The van der Waals surface area contributed by atoms with Crippen molar-refractivity contribution in [1.82, 2.24) is 0 Å². The number of nitrogens with zero attached hydrogens (tertiary/aromatic N) is 1. The molecule has 64 valence electrons. The van der Waals surface area contributed by atoms with Gasteiger partial charge < -0.3 is 0 Å². The van der Waals surface area contributed by atoms with Crippen LogP contribution in [0.25, 0.3) is 10.1 Å². The van der Waals surface area contributed by atoms with Gasteiger partial charge >= 0.3 is 0 Å². The van der Waals surface area contributed by atoms with Gasteiger partial charge in [0.25, 0.3) is 0 Å². The van der Waals surface area contributed by atoms with Gasteiger partial charge in [-0.05, 0) is 18.2 Å². The summed E-state index contributed by atoms with van der Waals surface area (Å²) in [6, 6.07) is 7.46. The van der Waals surface area contributed by atoms with Gasteiger partial charge in [-0.15, -0.1) is 24.0 Å². The molecule has 0 radical (unpaired) electrons. The molecule has 0 amide bonds. The first-order valence-corrected chi connectivity index (χ1v) is 5.17. The summed E-state index contributed by atoms with van der Waals surface area (Å²) in [6.45, 7) is 0. The Kier molecular flexibility index (Phi) is 2.20. The van der Waals surface area contributed by atoms with Crippen molar-refractivity contribution in [2.24, 2.45) is 0 Å². The van der Waals surface area contributed by atoms with Crippen LogP contribution >= 0.6 is 35.6 Å². The Morgan fingerprint density at radius 3 is 2.92 bits per heavy atom. The van der Waals surface area contributed by atoms with Crippen LogP contribution in [0, 0.1) is 11.3 Å². The molecule has 0 spiro atoms. The molecule has 2 rings (SSSR count). The highest BCUT2D eigenvalue weighted by atomic mass is 35.5. The number of hydrogen-bond acceptors (Lipinski definition) is 3. The predicted octanol–water partition coefficient (Wildman–Crippen LogP) is 3.72. The molecule has 1 nitrogen and oxygen atoms in total. The fourth-order valence-electron chi connectivity index (χ4n) is 1.17. The molecule has 13 heavy (non-hydrogen) atoms. The summed E-state index contributed by atoms with van der Waals surface area (Å²) >= 11 is 11.7. The lowest BCUT2D eigenvalue weighted by Gasteiger charge is -1.94. The minimum absolute atomic E-state index is 0.649. The number of hydrogen-bond donors (Lipinski definition) is 1. The number of rotatable bonds is 0. The molecule has 0 atom stereocenters. The lowest BCUT2D eigenvalue weighted by Crippen LogP contribution is -1.74. The van der Waals surface area contributed by atoms with Crippen LogP contribution < -0.4 is 0 Å². The average molecular weight is 226 g/mol. The predicted molar refractivity (Wildman–Crippen MR) is 58.8 cm³/mol. The molecule has 2 aromatic rings. The van der Waals surface area contributed by atoms with E-state index in [1.807, 2.05) is 6.07 Å². The monoisotopic (exact) mass is 225 g/mol. The molecule has 0 N–H and O–H groups in total. The van der Waals surface area contributed by atoms with Gasteiger partial charge in [-0.2, -0.15) is 5.26 Å².